The Morgan fingerprint density at radius 1 is 0.818 bits per heavy atom. The molecule has 0 radical (unpaired) electrons. The molecule has 184 valence electrons. The minimum absolute atomic E-state index is 0.0409. The van der Waals surface area contributed by atoms with Gasteiger partial charge in [0, 0.05) is 0 Å². The van der Waals surface area contributed by atoms with Crippen molar-refractivity contribution in [1.29, 1.82) is 0 Å². The first-order valence-electron chi connectivity index (χ1n) is 10.7. The van der Waals surface area contributed by atoms with Gasteiger partial charge in [0.15, 0.2) is 0 Å². The van der Waals surface area contributed by atoms with E-state index in [9.17, 15) is 16.8 Å². The maximum Gasteiger partial charge on any atom is 0.264 e. The Labute approximate surface area is 199 Å². The summed E-state index contributed by atoms with van der Waals surface area (Å²) >= 11 is 0. The van der Waals surface area contributed by atoms with Gasteiger partial charge in [0.25, 0.3) is 28.6 Å². The zero-order valence-corrected chi connectivity index (χ0v) is 22.5. The van der Waals surface area contributed by atoms with Crippen LogP contribution in [0.3, 0.4) is 0 Å². The fourth-order valence-corrected chi connectivity index (χ4v) is 9.57. The first kappa shape index (κ1) is 27.7. The maximum absolute atomic E-state index is 11.9. The van der Waals surface area contributed by atoms with Crippen molar-refractivity contribution < 1.29 is 29.6 Å². The molecule has 0 aliphatic carbocycles. The number of hydrogen-bond acceptors (Lipinski definition) is 7. The number of benzene rings is 2. The lowest BCUT2D eigenvalue weighted by Crippen LogP contribution is -2.67. The predicted molar refractivity (Wildman–Crippen MR) is 133 cm³/mol. The van der Waals surface area contributed by atoms with Gasteiger partial charge in [-0.15, -0.1) is 0 Å². The van der Waals surface area contributed by atoms with E-state index in [1.54, 1.807) is 0 Å². The molecule has 0 aliphatic heterocycles. The first-order chi connectivity index (χ1) is 15.2. The van der Waals surface area contributed by atoms with Crippen molar-refractivity contribution in [3.8, 4) is 0 Å². The van der Waals surface area contributed by atoms with Gasteiger partial charge in [0.05, 0.1) is 31.8 Å². The van der Waals surface area contributed by atoms with E-state index in [2.05, 4.69) is 45.0 Å². The Bertz CT molecular complexity index is 1040. The van der Waals surface area contributed by atoms with Crippen LogP contribution in [0.2, 0.25) is 5.04 Å². The maximum atomic E-state index is 11.9. The number of rotatable bonds is 12. The van der Waals surface area contributed by atoms with E-state index in [4.69, 9.17) is 12.8 Å². The van der Waals surface area contributed by atoms with Gasteiger partial charge in [-0.2, -0.15) is 16.8 Å². The summed E-state index contributed by atoms with van der Waals surface area (Å²) in [6, 6.07) is 20.0. The van der Waals surface area contributed by atoms with Crippen molar-refractivity contribution in [3.63, 3.8) is 0 Å². The Hall–Kier alpha value is -1.56. The highest BCUT2D eigenvalue weighted by molar-refractivity contribution is 7.86. The van der Waals surface area contributed by atoms with E-state index in [0.29, 0.717) is 6.42 Å². The first-order valence-corrected chi connectivity index (χ1v) is 16.3. The van der Waals surface area contributed by atoms with E-state index in [-0.39, 0.29) is 24.7 Å². The second-order valence-electron chi connectivity index (χ2n) is 9.06. The monoisotopic (exact) mass is 514 g/mol. The Morgan fingerprint density at radius 3 is 1.70 bits per heavy atom. The van der Waals surface area contributed by atoms with E-state index < -0.39 is 34.7 Å². The van der Waals surface area contributed by atoms with Crippen molar-refractivity contribution in [2.24, 2.45) is 0 Å². The van der Waals surface area contributed by atoms with Crippen LogP contribution in [0.5, 0.6) is 0 Å². The molecule has 0 aromatic heterocycles. The largest absolute Gasteiger partial charge is 0.405 e. The van der Waals surface area contributed by atoms with Crippen LogP contribution in [0.25, 0.3) is 0 Å². The summed E-state index contributed by atoms with van der Waals surface area (Å²) in [6.45, 7) is 6.38. The molecule has 0 aliphatic rings. The van der Waals surface area contributed by atoms with Gasteiger partial charge in [-0.05, 0) is 28.3 Å². The molecule has 0 saturated heterocycles. The molecule has 1 atom stereocenters. The summed E-state index contributed by atoms with van der Waals surface area (Å²) in [4.78, 5) is 0. The lowest BCUT2D eigenvalue weighted by molar-refractivity contribution is 0.116. The van der Waals surface area contributed by atoms with Crippen LogP contribution in [-0.4, -0.2) is 57.0 Å². The Morgan fingerprint density at radius 2 is 1.30 bits per heavy atom. The molecule has 2 aromatic carbocycles. The van der Waals surface area contributed by atoms with E-state index in [0.717, 1.165) is 22.9 Å². The van der Waals surface area contributed by atoms with E-state index in [1.807, 2.05) is 36.4 Å². The van der Waals surface area contributed by atoms with Crippen LogP contribution in [0.4, 0.5) is 0 Å². The quantitative estimate of drug-likeness (QED) is 0.244. The SMILES string of the molecule is CC(C)(C)[Si](OC[C@H](CCCOS(C)(=O)=O)OS(C)(=O)=O)(c1ccccc1)c1ccccc1. The minimum Gasteiger partial charge on any atom is -0.405 e. The zero-order valence-electron chi connectivity index (χ0n) is 19.9. The molecule has 10 heteroatoms. The molecule has 7 nitrogen and oxygen atoms in total. The van der Waals surface area contributed by atoms with Crippen LogP contribution >= 0.6 is 0 Å². The van der Waals surface area contributed by atoms with Gasteiger partial charge >= 0.3 is 0 Å². The molecular formula is C23H34O7S2Si. The molecule has 0 fully saturated rings. The Balaban J connectivity index is 2.38. The summed E-state index contributed by atoms with van der Waals surface area (Å²) in [6.07, 6.45) is 1.77. The fraction of sp³-hybridized carbons (Fsp3) is 0.478. The molecule has 0 saturated carbocycles. The highest BCUT2D eigenvalue weighted by Gasteiger charge is 2.50. The second kappa shape index (κ2) is 11.2. The molecule has 33 heavy (non-hydrogen) atoms. The lowest BCUT2D eigenvalue weighted by atomic mass is 10.2. The van der Waals surface area contributed by atoms with Gasteiger partial charge in [-0.25, -0.2) is 0 Å². The summed E-state index contributed by atoms with van der Waals surface area (Å²) in [7, 11) is -10.2. The summed E-state index contributed by atoms with van der Waals surface area (Å²) in [5.41, 5.74) is 0. The smallest absolute Gasteiger partial charge is 0.264 e. The topological polar surface area (TPSA) is 96.0 Å². The van der Waals surface area contributed by atoms with Gasteiger partial charge in [-0.1, -0.05) is 81.4 Å². The van der Waals surface area contributed by atoms with Gasteiger partial charge in [0.2, 0.25) is 0 Å². The van der Waals surface area contributed by atoms with Crippen molar-refractivity contribution in [1.82, 2.24) is 0 Å². The Kier molecular flexibility index (Phi) is 9.43. The van der Waals surface area contributed by atoms with Crippen molar-refractivity contribution >= 4 is 38.9 Å². The summed E-state index contributed by atoms with van der Waals surface area (Å²) in [5.74, 6) is 0. The van der Waals surface area contributed by atoms with Crippen molar-refractivity contribution in [3.05, 3.63) is 60.7 Å². The number of hydrogen-bond donors (Lipinski definition) is 0. The molecule has 2 rings (SSSR count). The third kappa shape index (κ3) is 8.31. The fourth-order valence-electron chi connectivity index (χ4n) is 3.91. The van der Waals surface area contributed by atoms with Crippen LogP contribution in [0.15, 0.2) is 60.7 Å². The highest BCUT2D eigenvalue weighted by atomic mass is 32.2. The van der Waals surface area contributed by atoms with Gasteiger partial charge in [-0.3, -0.25) is 8.37 Å². The molecule has 0 spiro atoms. The predicted octanol–water partition coefficient (Wildman–Crippen LogP) is 2.66. The van der Waals surface area contributed by atoms with Crippen molar-refractivity contribution in [2.75, 3.05) is 25.7 Å². The average Bonchev–Trinajstić information content (AvgIpc) is 2.70. The standard InChI is InChI=1S/C23H34O7S2Si/c1-23(2,3)33(21-14-8-6-9-15-21,22-16-10-7-11-17-22)29-19-20(30-32(5,26)27)13-12-18-28-31(4,24)25/h6-11,14-17,20H,12-13,18-19H2,1-5H3/t20-/m0/s1. The van der Waals surface area contributed by atoms with Crippen LogP contribution < -0.4 is 10.4 Å². The van der Waals surface area contributed by atoms with Gasteiger partial charge in [0.1, 0.15) is 0 Å². The van der Waals surface area contributed by atoms with E-state index in [1.165, 1.54) is 0 Å². The molecule has 0 N–H and O–H groups in total. The zero-order chi connectivity index (χ0) is 24.8. The third-order valence-electron chi connectivity index (χ3n) is 5.18. The lowest BCUT2D eigenvalue weighted by Gasteiger charge is -2.43. The molecule has 0 bridgehead atoms. The molecule has 0 heterocycles. The molecule has 0 unspecified atom stereocenters. The van der Waals surface area contributed by atoms with Crippen LogP contribution in [0.1, 0.15) is 33.6 Å². The second-order valence-corrected chi connectivity index (χ2v) is 16.6. The molecule has 2 aromatic rings. The van der Waals surface area contributed by atoms with E-state index >= 15 is 0 Å². The minimum atomic E-state index is -3.74. The third-order valence-corrected chi connectivity index (χ3v) is 11.4. The van der Waals surface area contributed by atoms with Crippen LogP contribution in [-0.2, 0) is 33.0 Å². The molecular weight excluding hydrogens is 480 g/mol. The summed E-state index contributed by atoms with van der Waals surface area (Å²) in [5, 5.41) is 1.87. The van der Waals surface area contributed by atoms with Crippen molar-refractivity contribution in [2.45, 2.75) is 44.8 Å². The highest BCUT2D eigenvalue weighted by Crippen LogP contribution is 2.37. The van der Waals surface area contributed by atoms with Crippen LogP contribution in [0, 0.1) is 0 Å². The average molecular weight is 515 g/mol. The normalized spacial score (nSPS) is 14.2. The summed E-state index contributed by atoms with van der Waals surface area (Å²) < 4.78 is 63.1. The molecule has 0 amide bonds. The van der Waals surface area contributed by atoms with Gasteiger partial charge < -0.3 is 4.43 Å².